The summed E-state index contributed by atoms with van der Waals surface area (Å²) in [6, 6.07) is 7.44. The van der Waals surface area contributed by atoms with Crippen LogP contribution in [-0.4, -0.2) is 46.9 Å². The van der Waals surface area contributed by atoms with Crippen molar-refractivity contribution in [2.24, 2.45) is 0 Å². The fourth-order valence-electron chi connectivity index (χ4n) is 2.26. The summed E-state index contributed by atoms with van der Waals surface area (Å²) in [6.45, 7) is 0. The lowest BCUT2D eigenvalue weighted by atomic mass is 9.92. The van der Waals surface area contributed by atoms with Gasteiger partial charge in [-0.3, -0.25) is 4.79 Å². The average Bonchev–Trinajstić information content (AvgIpc) is 2.54. The molecule has 1 aromatic carbocycles. The highest BCUT2D eigenvalue weighted by Crippen LogP contribution is 2.28. The number of aliphatic carboxylic acids is 1. The Morgan fingerprint density at radius 3 is 2.77 bits per heavy atom. The zero-order chi connectivity index (χ0) is 16.0. The predicted octanol–water partition coefficient (Wildman–Crippen LogP) is 2.25. The molecule has 22 heavy (non-hydrogen) atoms. The number of thioether (sulfide) groups is 2. The maximum atomic E-state index is 12.1. The van der Waals surface area contributed by atoms with Crippen LogP contribution >= 0.6 is 23.5 Å². The van der Waals surface area contributed by atoms with E-state index in [1.165, 1.54) is 11.8 Å². The van der Waals surface area contributed by atoms with Crippen molar-refractivity contribution in [1.29, 1.82) is 0 Å². The first-order chi connectivity index (χ1) is 10.6. The van der Waals surface area contributed by atoms with Crippen LogP contribution in [0.5, 0.6) is 5.75 Å². The molecule has 0 aromatic heterocycles. The Morgan fingerprint density at radius 1 is 1.41 bits per heavy atom. The van der Waals surface area contributed by atoms with E-state index in [1.807, 2.05) is 24.3 Å². The molecule has 5 nitrogen and oxygen atoms in total. The highest BCUT2D eigenvalue weighted by molar-refractivity contribution is 8.00. The van der Waals surface area contributed by atoms with E-state index < -0.39 is 11.5 Å². The van der Waals surface area contributed by atoms with Crippen molar-refractivity contribution < 1.29 is 19.4 Å². The first-order valence-electron chi connectivity index (χ1n) is 6.95. The molecular formula is C15H19NO4S2. The third-order valence-electron chi connectivity index (χ3n) is 3.55. The number of nitrogens with one attached hydrogen (secondary N) is 1. The SMILES string of the molecule is COc1cccc(SCC(=O)NC2(C(=O)O)CCSCC2)c1. The second-order valence-electron chi connectivity index (χ2n) is 5.02. The molecular weight excluding hydrogens is 322 g/mol. The Kier molecular flexibility index (Phi) is 6.02. The third kappa shape index (κ3) is 4.33. The average molecular weight is 341 g/mol. The van der Waals surface area contributed by atoms with Gasteiger partial charge in [0.2, 0.25) is 5.91 Å². The second-order valence-corrected chi connectivity index (χ2v) is 7.29. The molecule has 1 saturated heterocycles. The van der Waals surface area contributed by atoms with Gasteiger partial charge in [0.05, 0.1) is 12.9 Å². The number of benzene rings is 1. The van der Waals surface area contributed by atoms with E-state index in [2.05, 4.69) is 5.32 Å². The number of hydrogen-bond acceptors (Lipinski definition) is 5. The van der Waals surface area contributed by atoms with Crippen LogP contribution in [0.15, 0.2) is 29.2 Å². The molecule has 2 rings (SSSR count). The lowest BCUT2D eigenvalue weighted by Gasteiger charge is -2.33. The second kappa shape index (κ2) is 7.78. The van der Waals surface area contributed by atoms with Gasteiger partial charge in [-0.15, -0.1) is 11.8 Å². The Bertz CT molecular complexity index is 544. The van der Waals surface area contributed by atoms with E-state index in [0.717, 1.165) is 22.2 Å². The van der Waals surface area contributed by atoms with Crippen molar-refractivity contribution in [3.8, 4) is 5.75 Å². The van der Waals surface area contributed by atoms with Crippen LogP contribution in [0.2, 0.25) is 0 Å². The maximum Gasteiger partial charge on any atom is 0.329 e. The quantitative estimate of drug-likeness (QED) is 0.773. The lowest BCUT2D eigenvalue weighted by Crippen LogP contribution is -2.57. The molecule has 120 valence electrons. The summed E-state index contributed by atoms with van der Waals surface area (Å²) in [6.07, 6.45) is 0.950. The van der Waals surface area contributed by atoms with Crippen LogP contribution in [0, 0.1) is 0 Å². The summed E-state index contributed by atoms with van der Waals surface area (Å²) in [5.74, 6) is 1.26. The molecule has 1 aromatic rings. The molecule has 0 saturated carbocycles. The van der Waals surface area contributed by atoms with E-state index in [-0.39, 0.29) is 11.7 Å². The molecule has 1 heterocycles. The monoisotopic (exact) mass is 341 g/mol. The number of carboxylic acid groups (broad SMARTS) is 1. The number of methoxy groups -OCH3 is 1. The summed E-state index contributed by atoms with van der Waals surface area (Å²) in [5, 5.41) is 12.2. The molecule has 0 aliphatic carbocycles. The Morgan fingerprint density at radius 2 is 2.14 bits per heavy atom. The van der Waals surface area contributed by atoms with Gasteiger partial charge in [-0.2, -0.15) is 11.8 Å². The van der Waals surface area contributed by atoms with Crippen LogP contribution in [0.3, 0.4) is 0 Å². The number of amides is 1. The lowest BCUT2D eigenvalue weighted by molar-refractivity contribution is -0.147. The molecule has 1 aliphatic heterocycles. The number of carbonyl (C=O) groups is 2. The largest absolute Gasteiger partial charge is 0.497 e. The molecule has 0 unspecified atom stereocenters. The molecule has 0 radical (unpaired) electrons. The third-order valence-corrected chi connectivity index (χ3v) is 5.52. The summed E-state index contributed by atoms with van der Waals surface area (Å²) >= 11 is 3.09. The van der Waals surface area contributed by atoms with Gasteiger partial charge in [0.15, 0.2) is 0 Å². The van der Waals surface area contributed by atoms with Gasteiger partial charge in [-0.1, -0.05) is 6.07 Å². The van der Waals surface area contributed by atoms with Gasteiger partial charge >= 0.3 is 5.97 Å². The molecule has 1 fully saturated rings. The number of carboxylic acids is 1. The Balaban J connectivity index is 1.92. The Hall–Kier alpha value is -1.34. The van der Waals surface area contributed by atoms with Gasteiger partial charge in [0.25, 0.3) is 0 Å². The van der Waals surface area contributed by atoms with Crippen LogP contribution in [0.1, 0.15) is 12.8 Å². The smallest absolute Gasteiger partial charge is 0.329 e. The number of ether oxygens (including phenoxy) is 1. The molecule has 1 aliphatic rings. The number of hydrogen-bond donors (Lipinski definition) is 2. The normalized spacial score (nSPS) is 16.8. The van der Waals surface area contributed by atoms with E-state index in [0.29, 0.717) is 12.8 Å². The molecule has 0 spiro atoms. The molecule has 1 amide bonds. The minimum Gasteiger partial charge on any atom is -0.497 e. The minimum absolute atomic E-state index is 0.190. The van der Waals surface area contributed by atoms with Crippen LogP contribution in [0.25, 0.3) is 0 Å². The summed E-state index contributed by atoms with van der Waals surface area (Å²) < 4.78 is 5.14. The van der Waals surface area contributed by atoms with Crippen molar-refractivity contribution in [3.63, 3.8) is 0 Å². The number of rotatable bonds is 6. The summed E-state index contributed by atoms with van der Waals surface area (Å²) in [5.41, 5.74) is -1.10. The first kappa shape index (κ1) is 17.0. The van der Waals surface area contributed by atoms with Gasteiger partial charge in [0.1, 0.15) is 11.3 Å². The van der Waals surface area contributed by atoms with E-state index in [1.54, 1.807) is 18.9 Å². The van der Waals surface area contributed by atoms with E-state index in [9.17, 15) is 14.7 Å². The van der Waals surface area contributed by atoms with Crippen molar-refractivity contribution in [2.75, 3.05) is 24.4 Å². The standard InChI is InChI=1S/C15H19NO4S2/c1-20-11-3-2-4-12(9-11)22-10-13(17)16-15(14(18)19)5-7-21-8-6-15/h2-4,9H,5-8,10H2,1H3,(H,16,17)(H,18,19). The van der Waals surface area contributed by atoms with Gasteiger partial charge in [-0.25, -0.2) is 4.79 Å². The zero-order valence-electron chi connectivity index (χ0n) is 12.3. The highest BCUT2D eigenvalue weighted by Gasteiger charge is 2.41. The molecule has 0 bridgehead atoms. The van der Waals surface area contributed by atoms with Gasteiger partial charge in [-0.05, 0) is 42.5 Å². The van der Waals surface area contributed by atoms with Crippen LogP contribution < -0.4 is 10.1 Å². The molecule has 2 N–H and O–H groups in total. The van der Waals surface area contributed by atoms with Gasteiger partial charge in [0, 0.05) is 4.90 Å². The summed E-state index contributed by atoms with van der Waals surface area (Å²) in [4.78, 5) is 24.6. The minimum atomic E-state index is -1.10. The first-order valence-corrected chi connectivity index (χ1v) is 9.09. The molecule has 7 heteroatoms. The summed E-state index contributed by atoms with van der Waals surface area (Å²) in [7, 11) is 1.59. The topological polar surface area (TPSA) is 75.6 Å². The predicted molar refractivity (Wildman–Crippen MR) is 88.8 cm³/mol. The van der Waals surface area contributed by atoms with Crippen molar-refractivity contribution in [2.45, 2.75) is 23.3 Å². The van der Waals surface area contributed by atoms with Crippen LogP contribution in [0.4, 0.5) is 0 Å². The number of carbonyl (C=O) groups excluding carboxylic acids is 1. The van der Waals surface area contributed by atoms with Crippen molar-refractivity contribution in [1.82, 2.24) is 5.32 Å². The van der Waals surface area contributed by atoms with E-state index in [4.69, 9.17) is 4.74 Å². The maximum absolute atomic E-state index is 12.1. The van der Waals surface area contributed by atoms with E-state index >= 15 is 0 Å². The zero-order valence-corrected chi connectivity index (χ0v) is 14.0. The molecule has 0 atom stereocenters. The van der Waals surface area contributed by atoms with Crippen LogP contribution in [-0.2, 0) is 9.59 Å². The van der Waals surface area contributed by atoms with Crippen molar-refractivity contribution >= 4 is 35.4 Å². The fourth-order valence-corrected chi connectivity index (χ4v) is 4.19. The highest BCUT2D eigenvalue weighted by atomic mass is 32.2. The fraction of sp³-hybridized carbons (Fsp3) is 0.467. The Labute approximate surface area is 138 Å². The van der Waals surface area contributed by atoms with Gasteiger partial charge < -0.3 is 15.2 Å². The van der Waals surface area contributed by atoms with Crippen molar-refractivity contribution in [3.05, 3.63) is 24.3 Å².